The van der Waals surface area contributed by atoms with Gasteiger partial charge in [-0.25, -0.2) is 8.78 Å². The third-order valence-corrected chi connectivity index (χ3v) is 4.07. The standard InChI is InChI=1S/C16H23F2NO/c1-4-9-19-15-13(7-8-16(15,2)3)20-14-10-11(17)5-6-12(14)18/h5-6,10,13,15,19H,4,7-9H2,1-3H3. The van der Waals surface area contributed by atoms with Gasteiger partial charge in [0.05, 0.1) is 0 Å². The van der Waals surface area contributed by atoms with Crippen LogP contribution in [-0.2, 0) is 0 Å². The number of ether oxygens (including phenoxy) is 1. The summed E-state index contributed by atoms with van der Waals surface area (Å²) < 4.78 is 32.6. The Hall–Kier alpha value is -1.16. The fraction of sp³-hybridized carbons (Fsp3) is 0.625. The largest absolute Gasteiger partial charge is 0.486 e. The first-order valence-corrected chi connectivity index (χ1v) is 7.29. The average Bonchev–Trinajstić information content (AvgIpc) is 2.67. The van der Waals surface area contributed by atoms with E-state index in [2.05, 4.69) is 26.1 Å². The molecule has 2 atom stereocenters. The molecular formula is C16H23F2NO. The topological polar surface area (TPSA) is 21.3 Å². The first-order chi connectivity index (χ1) is 9.44. The molecule has 0 radical (unpaired) electrons. The molecule has 4 heteroatoms. The highest BCUT2D eigenvalue weighted by Gasteiger charge is 2.43. The van der Waals surface area contributed by atoms with Gasteiger partial charge in [-0.05, 0) is 43.4 Å². The second-order valence-corrected chi connectivity index (χ2v) is 6.19. The third-order valence-electron chi connectivity index (χ3n) is 4.07. The van der Waals surface area contributed by atoms with Crippen LogP contribution in [0.5, 0.6) is 5.75 Å². The van der Waals surface area contributed by atoms with Crippen LogP contribution in [0.4, 0.5) is 8.78 Å². The summed E-state index contributed by atoms with van der Waals surface area (Å²) in [6.07, 6.45) is 2.78. The van der Waals surface area contributed by atoms with Crippen molar-refractivity contribution in [3.8, 4) is 5.75 Å². The lowest BCUT2D eigenvalue weighted by Crippen LogP contribution is -2.47. The van der Waals surface area contributed by atoms with Crippen LogP contribution in [0.25, 0.3) is 0 Å². The summed E-state index contributed by atoms with van der Waals surface area (Å²) >= 11 is 0. The molecule has 0 heterocycles. The lowest BCUT2D eigenvalue weighted by Gasteiger charge is -2.31. The molecule has 0 aromatic heterocycles. The van der Waals surface area contributed by atoms with Crippen molar-refractivity contribution in [2.24, 2.45) is 5.41 Å². The van der Waals surface area contributed by atoms with Crippen LogP contribution in [0.3, 0.4) is 0 Å². The molecule has 112 valence electrons. The monoisotopic (exact) mass is 283 g/mol. The SMILES string of the molecule is CCCNC1C(Oc2cc(F)ccc2F)CCC1(C)C. The van der Waals surface area contributed by atoms with Crippen LogP contribution in [0.1, 0.15) is 40.0 Å². The summed E-state index contributed by atoms with van der Waals surface area (Å²) in [6.45, 7) is 7.38. The Morgan fingerprint density at radius 2 is 2.10 bits per heavy atom. The van der Waals surface area contributed by atoms with Crippen molar-refractivity contribution in [1.29, 1.82) is 0 Å². The Morgan fingerprint density at radius 1 is 1.35 bits per heavy atom. The number of hydrogen-bond donors (Lipinski definition) is 1. The fourth-order valence-electron chi connectivity index (χ4n) is 2.90. The number of nitrogens with one attached hydrogen (secondary N) is 1. The Bertz CT molecular complexity index is 462. The van der Waals surface area contributed by atoms with Gasteiger partial charge in [0, 0.05) is 12.1 Å². The predicted molar refractivity (Wildman–Crippen MR) is 75.9 cm³/mol. The van der Waals surface area contributed by atoms with Crippen LogP contribution in [0.15, 0.2) is 18.2 Å². The first kappa shape index (κ1) is 15.2. The van der Waals surface area contributed by atoms with Crippen molar-refractivity contribution in [2.75, 3.05) is 6.54 Å². The van der Waals surface area contributed by atoms with Gasteiger partial charge in [0.15, 0.2) is 11.6 Å². The van der Waals surface area contributed by atoms with E-state index in [0.29, 0.717) is 0 Å². The van der Waals surface area contributed by atoms with E-state index in [4.69, 9.17) is 4.74 Å². The summed E-state index contributed by atoms with van der Waals surface area (Å²) in [5.41, 5.74) is 0.101. The van der Waals surface area contributed by atoms with Crippen molar-refractivity contribution >= 4 is 0 Å². The van der Waals surface area contributed by atoms with Gasteiger partial charge in [-0.1, -0.05) is 20.8 Å². The maximum absolute atomic E-state index is 13.7. The van der Waals surface area contributed by atoms with Gasteiger partial charge in [-0.3, -0.25) is 0 Å². The van der Waals surface area contributed by atoms with Gasteiger partial charge in [-0.15, -0.1) is 0 Å². The summed E-state index contributed by atoms with van der Waals surface area (Å²) in [6, 6.07) is 3.50. The smallest absolute Gasteiger partial charge is 0.165 e. The van der Waals surface area contributed by atoms with E-state index < -0.39 is 11.6 Å². The van der Waals surface area contributed by atoms with E-state index in [1.54, 1.807) is 0 Å². The molecular weight excluding hydrogens is 260 g/mol. The Kier molecular flexibility index (Phi) is 4.63. The highest BCUT2D eigenvalue weighted by molar-refractivity contribution is 5.25. The van der Waals surface area contributed by atoms with Crippen molar-refractivity contribution in [3.63, 3.8) is 0 Å². The molecule has 1 aromatic rings. The van der Waals surface area contributed by atoms with E-state index >= 15 is 0 Å². The lowest BCUT2D eigenvalue weighted by atomic mass is 9.87. The minimum Gasteiger partial charge on any atom is -0.486 e. The second-order valence-electron chi connectivity index (χ2n) is 6.19. The van der Waals surface area contributed by atoms with Crippen molar-refractivity contribution in [1.82, 2.24) is 5.32 Å². The predicted octanol–water partition coefficient (Wildman–Crippen LogP) is 3.90. The highest BCUT2D eigenvalue weighted by Crippen LogP contribution is 2.39. The van der Waals surface area contributed by atoms with Gasteiger partial charge < -0.3 is 10.1 Å². The molecule has 1 saturated carbocycles. The van der Waals surface area contributed by atoms with Crippen LogP contribution >= 0.6 is 0 Å². The van der Waals surface area contributed by atoms with Crippen molar-refractivity contribution < 1.29 is 13.5 Å². The molecule has 20 heavy (non-hydrogen) atoms. The van der Waals surface area contributed by atoms with E-state index in [-0.39, 0.29) is 23.3 Å². The maximum Gasteiger partial charge on any atom is 0.165 e. The molecule has 2 unspecified atom stereocenters. The zero-order chi connectivity index (χ0) is 14.8. The Balaban J connectivity index is 2.13. The van der Waals surface area contributed by atoms with E-state index in [1.807, 2.05) is 0 Å². The molecule has 1 aromatic carbocycles. The first-order valence-electron chi connectivity index (χ1n) is 7.29. The Labute approximate surface area is 119 Å². The average molecular weight is 283 g/mol. The molecule has 1 fully saturated rings. The third kappa shape index (κ3) is 3.29. The molecule has 1 aliphatic rings. The zero-order valence-corrected chi connectivity index (χ0v) is 12.4. The molecule has 0 spiro atoms. The molecule has 0 amide bonds. The lowest BCUT2D eigenvalue weighted by molar-refractivity contribution is 0.135. The highest BCUT2D eigenvalue weighted by atomic mass is 19.1. The molecule has 1 N–H and O–H groups in total. The summed E-state index contributed by atoms with van der Waals surface area (Å²) in [4.78, 5) is 0. The summed E-state index contributed by atoms with van der Waals surface area (Å²) in [7, 11) is 0. The number of halogens is 2. The summed E-state index contributed by atoms with van der Waals surface area (Å²) in [5, 5.41) is 3.48. The van der Waals surface area contributed by atoms with Crippen molar-refractivity contribution in [3.05, 3.63) is 29.8 Å². The van der Waals surface area contributed by atoms with Crippen LogP contribution in [-0.4, -0.2) is 18.7 Å². The van der Waals surface area contributed by atoms with Crippen LogP contribution in [0, 0.1) is 17.0 Å². The molecule has 2 nitrogen and oxygen atoms in total. The van der Waals surface area contributed by atoms with Crippen molar-refractivity contribution in [2.45, 2.75) is 52.2 Å². The fourth-order valence-corrected chi connectivity index (χ4v) is 2.90. The minimum absolute atomic E-state index is 0.0102. The van der Waals surface area contributed by atoms with Crippen LogP contribution in [0.2, 0.25) is 0 Å². The number of hydrogen-bond acceptors (Lipinski definition) is 2. The molecule has 0 saturated heterocycles. The van der Waals surface area contributed by atoms with Gasteiger partial charge in [0.2, 0.25) is 0 Å². The van der Waals surface area contributed by atoms with Gasteiger partial charge in [-0.2, -0.15) is 0 Å². The molecule has 1 aliphatic carbocycles. The minimum atomic E-state index is -0.509. The molecule has 2 rings (SSSR count). The van der Waals surface area contributed by atoms with E-state index in [1.165, 1.54) is 0 Å². The number of rotatable bonds is 5. The normalized spacial score (nSPS) is 24.9. The summed E-state index contributed by atoms with van der Waals surface area (Å²) in [5.74, 6) is -0.974. The number of benzene rings is 1. The van der Waals surface area contributed by atoms with E-state index in [0.717, 1.165) is 44.0 Å². The van der Waals surface area contributed by atoms with Gasteiger partial charge >= 0.3 is 0 Å². The second kappa shape index (κ2) is 6.08. The molecule has 0 bridgehead atoms. The molecule has 0 aliphatic heterocycles. The van der Waals surface area contributed by atoms with Crippen LogP contribution < -0.4 is 10.1 Å². The Morgan fingerprint density at radius 3 is 2.80 bits per heavy atom. The van der Waals surface area contributed by atoms with E-state index in [9.17, 15) is 8.78 Å². The van der Waals surface area contributed by atoms with Gasteiger partial charge in [0.1, 0.15) is 11.9 Å². The van der Waals surface area contributed by atoms with Gasteiger partial charge in [0.25, 0.3) is 0 Å². The maximum atomic E-state index is 13.7. The quantitative estimate of drug-likeness (QED) is 0.885. The zero-order valence-electron chi connectivity index (χ0n) is 12.4.